The van der Waals surface area contributed by atoms with Gasteiger partial charge in [-0.2, -0.15) is 0 Å². The van der Waals surface area contributed by atoms with Gasteiger partial charge in [-0.3, -0.25) is 0 Å². The van der Waals surface area contributed by atoms with Crippen LogP contribution in [0, 0.1) is 0 Å². The molecule has 0 spiro atoms. The molecular formula is C8H18N2O. The molecule has 0 saturated carbocycles. The summed E-state index contributed by atoms with van der Waals surface area (Å²) in [6.07, 6.45) is 1.18. The summed E-state index contributed by atoms with van der Waals surface area (Å²) in [7, 11) is 0. The van der Waals surface area contributed by atoms with Gasteiger partial charge >= 0.3 is 0 Å². The van der Waals surface area contributed by atoms with E-state index in [9.17, 15) is 5.11 Å². The second-order valence-corrected chi connectivity index (χ2v) is 3.88. The van der Waals surface area contributed by atoms with E-state index in [1.165, 1.54) is 6.42 Å². The van der Waals surface area contributed by atoms with Gasteiger partial charge in [-0.1, -0.05) is 0 Å². The zero-order valence-electron chi connectivity index (χ0n) is 7.35. The first kappa shape index (κ1) is 8.97. The van der Waals surface area contributed by atoms with E-state index in [2.05, 4.69) is 10.6 Å². The van der Waals surface area contributed by atoms with E-state index in [0.717, 1.165) is 13.1 Å². The van der Waals surface area contributed by atoms with Crippen molar-refractivity contribution in [3.63, 3.8) is 0 Å². The molecule has 1 heterocycles. The Morgan fingerprint density at radius 3 is 2.82 bits per heavy atom. The van der Waals surface area contributed by atoms with Crippen molar-refractivity contribution in [3.05, 3.63) is 0 Å². The quantitative estimate of drug-likeness (QED) is 0.529. The van der Waals surface area contributed by atoms with Crippen LogP contribution in [-0.4, -0.2) is 36.4 Å². The van der Waals surface area contributed by atoms with E-state index < -0.39 is 5.60 Å². The molecule has 66 valence electrons. The number of hydrogen-bond acceptors (Lipinski definition) is 3. The first-order chi connectivity index (χ1) is 5.08. The number of aliphatic hydroxyl groups is 1. The molecule has 1 rings (SSSR count). The van der Waals surface area contributed by atoms with Crippen molar-refractivity contribution in [1.29, 1.82) is 0 Å². The molecule has 3 heteroatoms. The van der Waals surface area contributed by atoms with Crippen molar-refractivity contribution in [1.82, 2.24) is 10.6 Å². The Morgan fingerprint density at radius 1 is 1.64 bits per heavy atom. The average Bonchev–Trinajstić information content (AvgIpc) is 2.32. The highest BCUT2D eigenvalue weighted by Crippen LogP contribution is 2.01. The van der Waals surface area contributed by atoms with Crippen LogP contribution in [0.4, 0.5) is 0 Å². The fraction of sp³-hybridized carbons (Fsp3) is 1.00. The topological polar surface area (TPSA) is 44.3 Å². The molecule has 0 amide bonds. The molecule has 1 saturated heterocycles. The van der Waals surface area contributed by atoms with E-state index in [1.807, 2.05) is 13.8 Å². The predicted molar refractivity (Wildman–Crippen MR) is 45.6 cm³/mol. The molecule has 3 N–H and O–H groups in total. The molecule has 0 radical (unpaired) electrons. The van der Waals surface area contributed by atoms with Gasteiger partial charge in [0, 0.05) is 19.1 Å². The monoisotopic (exact) mass is 158 g/mol. The fourth-order valence-corrected chi connectivity index (χ4v) is 1.22. The van der Waals surface area contributed by atoms with E-state index >= 15 is 0 Å². The van der Waals surface area contributed by atoms with Crippen LogP contribution in [0.5, 0.6) is 0 Å². The van der Waals surface area contributed by atoms with Gasteiger partial charge in [0.1, 0.15) is 0 Å². The SMILES string of the molecule is CC(C)(O)CNC1CCNC1. The van der Waals surface area contributed by atoms with Crippen LogP contribution in [0.15, 0.2) is 0 Å². The van der Waals surface area contributed by atoms with Crippen LogP contribution in [0.25, 0.3) is 0 Å². The van der Waals surface area contributed by atoms with Crippen molar-refractivity contribution >= 4 is 0 Å². The second-order valence-electron chi connectivity index (χ2n) is 3.88. The fourth-order valence-electron chi connectivity index (χ4n) is 1.22. The molecule has 0 aromatic carbocycles. The zero-order chi connectivity index (χ0) is 8.32. The molecule has 0 aromatic heterocycles. The van der Waals surface area contributed by atoms with Crippen molar-refractivity contribution in [3.8, 4) is 0 Å². The lowest BCUT2D eigenvalue weighted by atomic mass is 10.1. The van der Waals surface area contributed by atoms with Crippen LogP contribution in [-0.2, 0) is 0 Å². The van der Waals surface area contributed by atoms with Gasteiger partial charge in [-0.25, -0.2) is 0 Å². The van der Waals surface area contributed by atoms with E-state index in [0.29, 0.717) is 12.6 Å². The van der Waals surface area contributed by atoms with Crippen molar-refractivity contribution < 1.29 is 5.11 Å². The summed E-state index contributed by atoms with van der Waals surface area (Å²) in [5.41, 5.74) is -0.581. The third kappa shape index (κ3) is 3.70. The van der Waals surface area contributed by atoms with E-state index in [-0.39, 0.29) is 0 Å². The van der Waals surface area contributed by atoms with Crippen LogP contribution in [0.1, 0.15) is 20.3 Å². The van der Waals surface area contributed by atoms with Gasteiger partial charge in [0.15, 0.2) is 0 Å². The van der Waals surface area contributed by atoms with Crippen molar-refractivity contribution in [2.45, 2.75) is 31.9 Å². The highest BCUT2D eigenvalue weighted by molar-refractivity contribution is 4.80. The van der Waals surface area contributed by atoms with E-state index in [1.54, 1.807) is 0 Å². The summed E-state index contributed by atoms with van der Waals surface area (Å²) in [5, 5.41) is 16.0. The summed E-state index contributed by atoms with van der Waals surface area (Å²) in [5.74, 6) is 0. The first-order valence-electron chi connectivity index (χ1n) is 4.24. The lowest BCUT2D eigenvalue weighted by Gasteiger charge is -2.20. The largest absolute Gasteiger partial charge is 0.389 e. The molecule has 1 fully saturated rings. The Labute approximate surface area is 68.2 Å². The highest BCUT2D eigenvalue weighted by Gasteiger charge is 2.18. The van der Waals surface area contributed by atoms with Crippen molar-refractivity contribution in [2.24, 2.45) is 0 Å². The summed E-state index contributed by atoms with van der Waals surface area (Å²) in [6.45, 7) is 6.46. The van der Waals surface area contributed by atoms with Crippen molar-refractivity contribution in [2.75, 3.05) is 19.6 Å². The van der Waals surface area contributed by atoms with E-state index in [4.69, 9.17) is 0 Å². The Kier molecular flexibility index (Phi) is 2.87. The number of rotatable bonds is 3. The molecule has 1 unspecified atom stereocenters. The summed E-state index contributed by atoms with van der Waals surface area (Å²) in [6, 6.07) is 0.557. The number of nitrogens with one attached hydrogen (secondary N) is 2. The zero-order valence-corrected chi connectivity index (χ0v) is 7.35. The minimum atomic E-state index is -0.581. The Hall–Kier alpha value is -0.120. The normalized spacial score (nSPS) is 25.9. The predicted octanol–water partition coefficient (Wildman–Crippen LogP) is -0.291. The highest BCUT2D eigenvalue weighted by atomic mass is 16.3. The average molecular weight is 158 g/mol. The molecule has 1 aliphatic heterocycles. The Balaban J connectivity index is 2.11. The molecule has 1 atom stereocenters. The second kappa shape index (κ2) is 3.52. The summed E-state index contributed by atoms with van der Waals surface area (Å²) >= 11 is 0. The van der Waals surface area contributed by atoms with Crippen LogP contribution in [0.2, 0.25) is 0 Å². The van der Waals surface area contributed by atoms with Gasteiger partial charge in [-0.05, 0) is 26.8 Å². The van der Waals surface area contributed by atoms with Crippen LogP contribution >= 0.6 is 0 Å². The Morgan fingerprint density at radius 2 is 2.36 bits per heavy atom. The smallest absolute Gasteiger partial charge is 0.0715 e. The third-order valence-corrected chi connectivity index (χ3v) is 1.88. The molecule has 1 aliphatic rings. The van der Waals surface area contributed by atoms with Crippen LogP contribution in [0.3, 0.4) is 0 Å². The third-order valence-electron chi connectivity index (χ3n) is 1.88. The molecular weight excluding hydrogens is 140 g/mol. The van der Waals surface area contributed by atoms with Gasteiger partial charge in [0.05, 0.1) is 5.60 Å². The standard InChI is InChI=1S/C8H18N2O/c1-8(2,11)6-10-7-3-4-9-5-7/h7,9-11H,3-6H2,1-2H3. The van der Waals surface area contributed by atoms with Gasteiger partial charge in [0.2, 0.25) is 0 Å². The maximum Gasteiger partial charge on any atom is 0.0715 e. The molecule has 11 heavy (non-hydrogen) atoms. The van der Waals surface area contributed by atoms with Crippen LogP contribution < -0.4 is 10.6 Å². The lowest BCUT2D eigenvalue weighted by Crippen LogP contribution is -2.41. The van der Waals surface area contributed by atoms with Gasteiger partial charge in [-0.15, -0.1) is 0 Å². The molecule has 0 aromatic rings. The maximum atomic E-state index is 9.40. The lowest BCUT2D eigenvalue weighted by molar-refractivity contribution is 0.0771. The molecule has 0 aliphatic carbocycles. The number of hydrogen-bond donors (Lipinski definition) is 3. The van der Waals surface area contributed by atoms with Gasteiger partial charge in [0.25, 0.3) is 0 Å². The maximum absolute atomic E-state index is 9.40. The summed E-state index contributed by atoms with van der Waals surface area (Å²) < 4.78 is 0. The minimum Gasteiger partial charge on any atom is -0.389 e. The first-order valence-corrected chi connectivity index (χ1v) is 4.24. The summed E-state index contributed by atoms with van der Waals surface area (Å²) in [4.78, 5) is 0. The Bertz CT molecular complexity index is 114. The molecule has 0 bridgehead atoms. The minimum absolute atomic E-state index is 0.557. The van der Waals surface area contributed by atoms with Gasteiger partial charge < -0.3 is 15.7 Å². The molecule has 3 nitrogen and oxygen atoms in total.